The number of H-pyrrole nitrogens is 1. The van der Waals surface area contributed by atoms with Crippen molar-refractivity contribution in [1.29, 1.82) is 0 Å². The van der Waals surface area contributed by atoms with Crippen molar-refractivity contribution in [2.45, 2.75) is 12.5 Å². The van der Waals surface area contributed by atoms with Gasteiger partial charge >= 0.3 is 0 Å². The Morgan fingerprint density at radius 1 is 1.36 bits per heavy atom. The van der Waals surface area contributed by atoms with E-state index in [0.717, 1.165) is 13.0 Å². The van der Waals surface area contributed by atoms with Crippen LogP contribution in [-0.4, -0.2) is 54.4 Å². The Kier molecular flexibility index (Phi) is 2.91. The Balaban J connectivity index is 1.88. The zero-order valence-electron chi connectivity index (χ0n) is 13.3. The molecule has 4 nitrogen and oxygen atoms in total. The van der Waals surface area contributed by atoms with Gasteiger partial charge < -0.3 is 9.88 Å². The number of hydrogen-bond acceptors (Lipinski definition) is 2. The third-order valence-electron chi connectivity index (χ3n) is 5.03. The maximum Gasteiger partial charge on any atom is 0.230 e. The van der Waals surface area contributed by atoms with Crippen molar-refractivity contribution in [1.82, 2.24) is 14.8 Å². The lowest BCUT2D eigenvalue weighted by Gasteiger charge is -2.40. The average molecular weight is 295 g/mol. The van der Waals surface area contributed by atoms with Crippen molar-refractivity contribution >= 4 is 22.4 Å². The van der Waals surface area contributed by atoms with E-state index in [0.29, 0.717) is 6.04 Å². The Labute approximate surface area is 130 Å². The van der Waals surface area contributed by atoms with Crippen molar-refractivity contribution in [2.24, 2.45) is 5.92 Å². The lowest BCUT2D eigenvalue weighted by molar-refractivity contribution is -0.132. The fourth-order valence-electron chi connectivity index (χ4n) is 3.94. The quantitative estimate of drug-likeness (QED) is 0.875. The van der Waals surface area contributed by atoms with E-state index in [1.807, 2.05) is 14.1 Å². The summed E-state index contributed by atoms with van der Waals surface area (Å²) >= 11 is 0. The van der Waals surface area contributed by atoms with Gasteiger partial charge in [-0.25, -0.2) is 0 Å². The van der Waals surface area contributed by atoms with Crippen LogP contribution in [0.2, 0.25) is 0 Å². The standard InChI is InChI=1S/C18H21N3O/c1-20(2)18(22)12-7-14-13-5-4-6-15-17(13)11(9-19-15)8-16(14)21(3)10-12/h4-7,9,12,16,19H,8,10H2,1-3H3. The summed E-state index contributed by atoms with van der Waals surface area (Å²) in [6.07, 6.45) is 5.36. The molecule has 1 aliphatic heterocycles. The molecule has 0 radical (unpaired) electrons. The van der Waals surface area contributed by atoms with Crippen LogP contribution >= 0.6 is 0 Å². The molecule has 2 unspecified atom stereocenters. The number of aromatic nitrogens is 1. The molecule has 1 amide bonds. The molecule has 4 rings (SSSR count). The van der Waals surface area contributed by atoms with E-state index in [4.69, 9.17) is 0 Å². The van der Waals surface area contributed by atoms with Crippen LogP contribution in [0.25, 0.3) is 16.5 Å². The van der Waals surface area contributed by atoms with Gasteiger partial charge in [0.2, 0.25) is 5.91 Å². The summed E-state index contributed by atoms with van der Waals surface area (Å²) in [6, 6.07) is 6.78. The minimum absolute atomic E-state index is 0.0537. The number of fused-ring (bicyclic) bond motifs is 2. The third-order valence-corrected chi connectivity index (χ3v) is 5.03. The molecule has 114 valence electrons. The fourth-order valence-corrected chi connectivity index (χ4v) is 3.94. The van der Waals surface area contributed by atoms with Crippen molar-refractivity contribution in [2.75, 3.05) is 27.7 Å². The molecule has 1 aliphatic carbocycles. The summed E-state index contributed by atoms with van der Waals surface area (Å²) in [5, 5.41) is 1.33. The summed E-state index contributed by atoms with van der Waals surface area (Å²) in [6.45, 7) is 0.793. The number of likely N-dealkylation sites (N-methyl/N-ethyl adjacent to an activating group) is 1. The molecule has 1 N–H and O–H groups in total. The molecular formula is C18H21N3O. The van der Waals surface area contributed by atoms with Crippen LogP contribution in [0.1, 0.15) is 11.1 Å². The highest BCUT2D eigenvalue weighted by molar-refractivity contribution is 5.99. The smallest absolute Gasteiger partial charge is 0.230 e. The lowest BCUT2D eigenvalue weighted by atomic mass is 9.79. The van der Waals surface area contributed by atoms with Crippen molar-refractivity contribution in [3.63, 3.8) is 0 Å². The number of carbonyl (C=O) groups excluding carboxylic acids is 1. The Morgan fingerprint density at radius 2 is 2.18 bits per heavy atom. The zero-order chi connectivity index (χ0) is 15.4. The van der Waals surface area contributed by atoms with Crippen LogP contribution in [0.4, 0.5) is 0 Å². The second kappa shape index (κ2) is 4.71. The number of benzene rings is 1. The lowest BCUT2D eigenvalue weighted by Crippen LogP contribution is -2.46. The number of hydrogen-bond donors (Lipinski definition) is 1. The predicted octanol–water partition coefficient (Wildman–Crippen LogP) is 2.13. The molecule has 22 heavy (non-hydrogen) atoms. The van der Waals surface area contributed by atoms with Gasteiger partial charge in [0.25, 0.3) is 0 Å². The number of nitrogens with zero attached hydrogens (tertiary/aromatic N) is 2. The largest absolute Gasteiger partial charge is 0.361 e. The van der Waals surface area contributed by atoms with Crippen molar-refractivity contribution < 1.29 is 4.79 Å². The first-order valence-electron chi connectivity index (χ1n) is 7.78. The molecule has 2 aliphatic rings. The zero-order valence-corrected chi connectivity index (χ0v) is 13.3. The van der Waals surface area contributed by atoms with E-state index in [2.05, 4.69) is 47.4 Å². The second-order valence-electron chi connectivity index (χ2n) is 6.66. The van der Waals surface area contributed by atoms with Gasteiger partial charge in [0.15, 0.2) is 0 Å². The van der Waals surface area contributed by atoms with Gasteiger partial charge in [-0.3, -0.25) is 9.69 Å². The van der Waals surface area contributed by atoms with Crippen molar-refractivity contribution in [3.05, 3.63) is 41.6 Å². The molecular weight excluding hydrogens is 274 g/mol. The first kappa shape index (κ1) is 13.6. The van der Waals surface area contributed by atoms with E-state index >= 15 is 0 Å². The molecule has 1 aromatic heterocycles. The van der Waals surface area contributed by atoms with Gasteiger partial charge in [0.1, 0.15) is 0 Å². The SMILES string of the molecule is CN(C)C(=O)C1C=C2c3cccc4[nH]cc(c34)CC2N(C)C1. The molecule has 0 bridgehead atoms. The molecule has 2 heterocycles. The minimum Gasteiger partial charge on any atom is -0.361 e. The predicted molar refractivity (Wildman–Crippen MR) is 88.6 cm³/mol. The van der Waals surface area contributed by atoms with E-state index < -0.39 is 0 Å². The maximum absolute atomic E-state index is 12.4. The minimum atomic E-state index is -0.0537. The molecule has 4 heteroatoms. The van der Waals surface area contributed by atoms with Gasteiger partial charge in [-0.05, 0) is 36.2 Å². The Hall–Kier alpha value is -2.07. The van der Waals surface area contributed by atoms with Crippen LogP contribution in [0.3, 0.4) is 0 Å². The number of rotatable bonds is 1. The summed E-state index contributed by atoms with van der Waals surface area (Å²) in [5.41, 5.74) is 5.17. The number of nitrogens with one attached hydrogen (secondary N) is 1. The first-order chi connectivity index (χ1) is 10.6. The molecule has 0 saturated carbocycles. The maximum atomic E-state index is 12.4. The first-order valence-corrected chi connectivity index (χ1v) is 7.78. The summed E-state index contributed by atoms with van der Waals surface area (Å²) < 4.78 is 0. The summed E-state index contributed by atoms with van der Waals surface area (Å²) in [4.78, 5) is 19.8. The van der Waals surface area contributed by atoms with Crippen molar-refractivity contribution in [3.8, 4) is 0 Å². The third kappa shape index (κ3) is 1.83. The number of carbonyl (C=O) groups is 1. The normalized spacial score (nSPS) is 24.0. The van der Waals surface area contributed by atoms with Gasteiger partial charge in [-0.15, -0.1) is 0 Å². The molecule has 1 aromatic carbocycles. The molecule has 0 spiro atoms. The molecule has 2 aromatic rings. The monoisotopic (exact) mass is 295 g/mol. The van der Waals surface area contributed by atoms with Crippen LogP contribution in [-0.2, 0) is 11.2 Å². The topological polar surface area (TPSA) is 39.3 Å². The molecule has 0 saturated heterocycles. The van der Waals surface area contributed by atoms with E-state index in [-0.39, 0.29) is 11.8 Å². The van der Waals surface area contributed by atoms with Gasteiger partial charge in [0, 0.05) is 43.8 Å². The van der Waals surface area contributed by atoms with Crippen LogP contribution in [0, 0.1) is 5.92 Å². The van der Waals surface area contributed by atoms with Gasteiger partial charge in [-0.1, -0.05) is 18.2 Å². The Morgan fingerprint density at radius 3 is 2.95 bits per heavy atom. The molecule has 2 atom stereocenters. The van der Waals surface area contributed by atoms with E-state index in [1.54, 1.807) is 4.90 Å². The van der Waals surface area contributed by atoms with Crippen LogP contribution in [0.5, 0.6) is 0 Å². The summed E-state index contributed by atoms with van der Waals surface area (Å²) in [7, 11) is 5.79. The van der Waals surface area contributed by atoms with E-state index in [1.165, 1.54) is 27.6 Å². The highest BCUT2D eigenvalue weighted by Crippen LogP contribution is 2.40. The summed E-state index contributed by atoms with van der Waals surface area (Å²) in [5.74, 6) is 0.131. The second-order valence-corrected chi connectivity index (χ2v) is 6.66. The Bertz CT molecular complexity index is 787. The van der Waals surface area contributed by atoms with Gasteiger partial charge in [0.05, 0.1) is 5.92 Å². The fraction of sp³-hybridized carbons (Fsp3) is 0.389. The number of amides is 1. The average Bonchev–Trinajstić information content (AvgIpc) is 2.92. The molecule has 0 fully saturated rings. The van der Waals surface area contributed by atoms with Crippen LogP contribution in [0.15, 0.2) is 30.5 Å². The van der Waals surface area contributed by atoms with Gasteiger partial charge in [-0.2, -0.15) is 0 Å². The van der Waals surface area contributed by atoms with E-state index in [9.17, 15) is 4.79 Å². The highest BCUT2D eigenvalue weighted by atomic mass is 16.2. The number of aromatic amines is 1. The highest BCUT2D eigenvalue weighted by Gasteiger charge is 2.35. The van der Waals surface area contributed by atoms with Crippen LogP contribution < -0.4 is 0 Å².